The smallest absolute Gasteiger partial charge is 0.228 e. The first kappa shape index (κ1) is 15.9. The molecule has 0 bridgehead atoms. The molecule has 4 nitrogen and oxygen atoms in total. The summed E-state index contributed by atoms with van der Waals surface area (Å²) in [6.07, 6.45) is 0.368. The summed E-state index contributed by atoms with van der Waals surface area (Å²) >= 11 is 9.04. The zero-order chi connectivity index (χ0) is 15.7. The van der Waals surface area contributed by atoms with Gasteiger partial charge >= 0.3 is 0 Å². The molecular weight excluding hydrogens is 338 g/mol. The summed E-state index contributed by atoms with van der Waals surface area (Å²) in [5.41, 5.74) is 0.841. The quantitative estimate of drug-likeness (QED) is 0.919. The number of rotatable bonds is 3. The number of nitrogens with zero attached hydrogens (tertiary/aromatic N) is 2. The number of amides is 1. The van der Waals surface area contributed by atoms with Crippen LogP contribution in [0.1, 0.15) is 19.5 Å². The highest BCUT2D eigenvalue weighted by atomic mass is 35.5. The number of thiazole rings is 1. The highest BCUT2D eigenvalue weighted by Crippen LogP contribution is 2.33. The average molecular weight is 356 g/mol. The van der Waals surface area contributed by atoms with E-state index in [1.807, 2.05) is 22.4 Å². The Bertz CT molecular complexity index is 669. The zero-order valence-electron chi connectivity index (χ0n) is 12.5. The lowest BCUT2D eigenvalue weighted by atomic mass is 10.1. The molecule has 1 saturated heterocycles. The third kappa shape index (κ3) is 3.35. The minimum absolute atomic E-state index is 0.155. The molecule has 0 aliphatic carbocycles. The van der Waals surface area contributed by atoms with Gasteiger partial charge in [-0.2, -0.15) is 0 Å². The van der Waals surface area contributed by atoms with E-state index in [2.05, 4.69) is 24.1 Å². The number of nitrogens with one attached hydrogen (secondary N) is 1. The molecule has 1 amide bonds. The molecular formula is C15H18ClN3OS2. The topological polar surface area (TPSA) is 45.2 Å². The maximum atomic E-state index is 12.5. The molecule has 3 heterocycles. The molecule has 118 valence electrons. The van der Waals surface area contributed by atoms with E-state index >= 15 is 0 Å². The van der Waals surface area contributed by atoms with Gasteiger partial charge in [-0.3, -0.25) is 4.79 Å². The molecule has 1 N–H and O–H groups in total. The number of hydrogen-bond acceptors (Lipinski definition) is 5. The lowest BCUT2D eigenvalue weighted by Crippen LogP contribution is -2.57. The lowest BCUT2D eigenvalue weighted by molar-refractivity contribution is -0.134. The van der Waals surface area contributed by atoms with Crippen molar-refractivity contribution in [1.29, 1.82) is 0 Å². The van der Waals surface area contributed by atoms with Gasteiger partial charge in [0.2, 0.25) is 5.91 Å². The van der Waals surface area contributed by atoms with Gasteiger partial charge in [-0.05, 0) is 26.0 Å². The Morgan fingerprint density at radius 3 is 3.05 bits per heavy atom. The van der Waals surface area contributed by atoms with E-state index in [0.29, 0.717) is 12.5 Å². The van der Waals surface area contributed by atoms with E-state index in [-0.39, 0.29) is 11.9 Å². The highest BCUT2D eigenvalue weighted by Gasteiger charge is 2.28. The van der Waals surface area contributed by atoms with Crippen LogP contribution in [0.15, 0.2) is 17.5 Å². The molecule has 1 aliphatic heterocycles. The molecule has 22 heavy (non-hydrogen) atoms. The van der Waals surface area contributed by atoms with Gasteiger partial charge < -0.3 is 10.2 Å². The maximum absolute atomic E-state index is 12.5. The average Bonchev–Trinajstić information content (AvgIpc) is 3.10. The second-order valence-electron chi connectivity index (χ2n) is 5.50. The Hall–Kier alpha value is -0.950. The summed E-state index contributed by atoms with van der Waals surface area (Å²) in [6.45, 7) is 5.83. The van der Waals surface area contributed by atoms with E-state index in [9.17, 15) is 4.79 Å². The van der Waals surface area contributed by atoms with Crippen molar-refractivity contribution in [3.8, 4) is 9.88 Å². The van der Waals surface area contributed by atoms with Crippen molar-refractivity contribution < 1.29 is 4.79 Å². The molecule has 3 rings (SSSR count). The van der Waals surface area contributed by atoms with E-state index in [1.54, 1.807) is 11.3 Å². The molecule has 0 aromatic carbocycles. The van der Waals surface area contributed by atoms with Gasteiger partial charge in [-0.15, -0.1) is 22.7 Å². The maximum Gasteiger partial charge on any atom is 0.228 e. The van der Waals surface area contributed by atoms with E-state index in [1.165, 1.54) is 11.3 Å². The summed E-state index contributed by atoms with van der Waals surface area (Å²) in [5.74, 6) is 0.155. The fourth-order valence-electron chi connectivity index (χ4n) is 2.60. The monoisotopic (exact) mass is 355 g/mol. The predicted molar refractivity (Wildman–Crippen MR) is 92.8 cm³/mol. The Morgan fingerprint density at radius 1 is 1.50 bits per heavy atom. The Morgan fingerprint density at radius 2 is 2.32 bits per heavy atom. The second kappa shape index (κ2) is 6.66. The molecule has 7 heteroatoms. The lowest BCUT2D eigenvalue weighted by Gasteiger charge is -2.38. The van der Waals surface area contributed by atoms with Crippen molar-refractivity contribution in [2.24, 2.45) is 0 Å². The molecule has 2 aromatic rings. The molecule has 2 atom stereocenters. The van der Waals surface area contributed by atoms with Gasteiger partial charge in [-0.1, -0.05) is 11.6 Å². The summed E-state index contributed by atoms with van der Waals surface area (Å²) in [5, 5.41) is 6.29. The van der Waals surface area contributed by atoms with Crippen molar-refractivity contribution in [2.75, 3.05) is 13.1 Å². The number of carbonyl (C=O) groups excluding carboxylic acids is 1. The highest BCUT2D eigenvalue weighted by molar-refractivity contribution is 7.23. The van der Waals surface area contributed by atoms with Crippen LogP contribution in [0, 0.1) is 0 Å². The number of thiophene rings is 1. The van der Waals surface area contributed by atoms with Crippen molar-refractivity contribution in [3.63, 3.8) is 0 Å². The van der Waals surface area contributed by atoms with E-state index < -0.39 is 0 Å². The number of aromatic nitrogens is 1. The van der Waals surface area contributed by atoms with Gasteiger partial charge in [0.25, 0.3) is 0 Å². The van der Waals surface area contributed by atoms with Gasteiger partial charge in [-0.25, -0.2) is 4.98 Å². The molecule has 2 unspecified atom stereocenters. The van der Waals surface area contributed by atoms with Crippen LogP contribution in [0.25, 0.3) is 9.88 Å². The Kier molecular flexibility index (Phi) is 4.82. The van der Waals surface area contributed by atoms with Crippen molar-refractivity contribution in [2.45, 2.75) is 32.4 Å². The number of carbonyl (C=O) groups is 1. The number of hydrogen-bond donors (Lipinski definition) is 1. The van der Waals surface area contributed by atoms with Crippen LogP contribution in [0.2, 0.25) is 4.34 Å². The number of piperazine rings is 1. The minimum atomic E-state index is 0.155. The first-order chi connectivity index (χ1) is 10.5. The molecule has 0 spiro atoms. The third-order valence-electron chi connectivity index (χ3n) is 4.02. The van der Waals surface area contributed by atoms with Crippen molar-refractivity contribution in [1.82, 2.24) is 15.2 Å². The zero-order valence-corrected chi connectivity index (χ0v) is 14.9. The van der Waals surface area contributed by atoms with E-state index in [4.69, 9.17) is 11.6 Å². The number of halogens is 1. The van der Waals surface area contributed by atoms with Crippen LogP contribution >= 0.6 is 34.3 Å². The van der Waals surface area contributed by atoms with Gasteiger partial charge in [0, 0.05) is 30.6 Å². The van der Waals surface area contributed by atoms with Crippen LogP contribution in [0.5, 0.6) is 0 Å². The van der Waals surface area contributed by atoms with Crippen molar-refractivity contribution in [3.05, 3.63) is 27.5 Å². The van der Waals surface area contributed by atoms with E-state index in [0.717, 1.165) is 33.0 Å². The third-order valence-corrected chi connectivity index (χ3v) is 6.31. The van der Waals surface area contributed by atoms with Crippen LogP contribution < -0.4 is 5.32 Å². The normalized spacial score (nSPS) is 22.0. The first-order valence-electron chi connectivity index (χ1n) is 7.27. The van der Waals surface area contributed by atoms with Crippen molar-refractivity contribution >= 4 is 40.2 Å². The standard InChI is InChI=1S/C15H18ClN3OS2/c1-9-10(2)19(6-5-17-9)14(20)7-11-8-21-15(18-11)12-3-4-13(16)22-12/h3-4,8-10,17H,5-7H2,1-2H3. The molecule has 0 radical (unpaired) electrons. The fraction of sp³-hybridized carbons (Fsp3) is 0.467. The van der Waals surface area contributed by atoms with Gasteiger partial charge in [0.15, 0.2) is 0 Å². The largest absolute Gasteiger partial charge is 0.337 e. The molecule has 1 aliphatic rings. The molecule has 1 fully saturated rings. The summed E-state index contributed by atoms with van der Waals surface area (Å²) in [4.78, 5) is 20.1. The molecule has 2 aromatic heterocycles. The fourth-order valence-corrected chi connectivity index (χ4v) is 4.53. The molecule has 0 saturated carbocycles. The first-order valence-corrected chi connectivity index (χ1v) is 9.35. The van der Waals surface area contributed by atoms with Crippen LogP contribution in [0.3, 0.4) is 0 Å². The second-order valence-corrected chi connectivity index (χ2v) is 8.07. The minimum Gasteiger partial charge on any atom is -0.337 e. The summed E-state index contributed by atoms with van der Waals surface area (Å²) in [6, 6.07) is 4.39. The van der Waals surface area contributed by atoms with Crippen LogP contribution in [-0.4, -0.2) is 41.0 Å². The summed E-state index contributed by atoms with van der Waals surface area (Å²) in [7, 11) is 0. The Balaban J connectivity index is 1.68. The Labute approximate surface area is 143 Å². The SMILES string of the molecule is CC1NCCN(C(=O)Cc2csc(-c3ccc(Cl)s3)n2)C1C. The van der Waals surface area contributed by atoms with Gasteiger partial charge in [0.05, 0.1) is 21.3 Å². The summed E-state index contributed by atoms with van der Waals surface area (Å²) < 4.78 is 0.756. The van der Waals surface area contributed by atoms with Crippen LogP contribution in [0.4, 0.5) is 0 Å². The van der Waals surface area contributed by atoms with Gasteiger partial charge in [0.1, 0.15) is 5.01 Å². The predicted octanol–water partition coefficient (Wildman–Crippen LogP) is 3.28. The van der Waals surface area contributed by atoms with Crippen LogP contribution in [-0.2, 0) is 11.2 Å².